The predicted molar refractivity (Wildman–Crippen MR) is 99.4 cm³/mol. The van der Waals surface area contributed by atoms with Gasteiger partial charge < -0.3 is 9.47 Å². The quantitative estimate of drug-likeness (QED) is 0.570. The number of methoxy groups -OCH3 is 2. The molecule has 1 saturated carbocycles. The van der Waals surface area contributed by atoms with Gasteiger partial charge in [-0.3, -0.25) is 0 Å². The Balaban J connectivity index is 2.17. The Morgan fingerprint density at radius 1 is 1.35 bits per heavy atom. The van der Waals surface area contributed by atoms with Gasteiger partial charge in [-0.1, -0.05) is 25.8 Å². The van der Waals surface area contributed by atoms with E-state index in [0.717, 1.165) is 21.7 Å². The summed E-state index contributed by atoms with van der Waals surface area (Å²) in [4.78, 5) is 12.2. The van der Waals surface area contributed by atoms with Crippen molar-refractivity contribution in [1.82, 2.24) is 0 Å². The highest BCUT2D eigenvalue weighted by molar-refractivity contribution is 9.10. The first-order valence-corrected chi connectivity index (χ1v) is 10.0. The van der Waals surface area contributed by atoms with E-state index in [2.05, 4.69) is 22.9 Å². The van der Waals surface area contributed by atoms with Crippen LogP contribution in [0.2, 0.25) is 0 Å². The van der Waals surface area contributed by atoms with Crippen LogP contribution in [0, 0.1) is 5.92 Å². The second-order valence-electron chi connectivity index (χ2n) is 5.94. The van der Waals surface area contributed by atoms with E-state index in [1.54, 1.807) is 7.11 Å². The molecule has 1 aromatic carbocycles. The first kappa shape index (κ1) is 18.7. The maximum atomic E-state index is 12.2. The molecule has 3 nitrogen and oxygen atoms in total. The molecule has 0 spiro atoms. The monoisotopic (exact) mass is 400 g/mol. The summed E-state index contributed by atoms with van der Waals surface area (Å²) in [5.41, 5.74) is 1.53. The SMILES string of the molecule is CCCC1CCCC1SCc1ccc(Br)c(OC)c1C(=O)OC. The van der Waals surface area contributed by atoms with E-state index in [9.17, 15) is 4.79 Å². The molecule has 2 atom stereocenters. The van der Waals surface area contributed by atoms with Crippen LogP contribution >= 0.6 is 27.7 Å². The minimum atomic E-state index is -0.338. The number of halogens is 1. The lowest BCUT2D eigenvalue weighted by Crippen LogP contribution is -2.12. The summed E-state index contributed by atoms with van der Waals surface area (Å²) in [7, 11) is 2.99. The molecule has 1 aromatic rings. The lowest BCUT2D eigenvalue weighted by Gasteiger charge is -2.20. The highest BCUT2D eigenvalue weighted by atomic mass is 79.9. The number of hydrogen-bond acceptors (Lipinski definition) is 4. The number of ether oxygens (including phenoxy) is 2. The summed E-state index contributed by atoms with van der Waals surface area (Å²) in [5, 5.41) is 0.704. The Hall–Kier alpha value is -0.680. The van der Waals surface area contributed by atoms with Crippen molar-refractivity contribution in [3.63, 3.8) is 0 Å². The third-order valence-electron chi connectivity index (χ3n) is 4.49. The molecule has 0 bridgehead atoms. The third-order valence-corrected chi connectivity index (χ3v) is 6.64. The molecule has 0 amide bonds. The fourth-order valence-corrected chi connectivity index (χ4v) is 5.37. The van der Waals surface area contributed by atoms with Crippen LogP contribution in [0.3, 0.4) is 0 Å². The Bertz CT molecular complexity index is 547. The zero-order chi connectivity index (χ0) is 16.8. The van der Waals surface area contributed by atoms with Gasteiger partial charge >= 0.3 is 5.97 Å². The number of rotatable bonds is 7. The summed E-state index contributed by atoms with van der Waals surface area (Å²) in [6, 6.07) is 3.94. The minimum absolute atomic E-state index is 0.338. The summed E-state index contributed by atoms with van der Waals surface area (Å²) >= 11 is 5.42. The Morgan fingerprint density at radius 3 is 2.78 bits per heavy atom. The van der Waals surface area contributed by atoms with Crippen molar-refractivity contribution in [2.24, 2.45) is 5.92 Å². The number of carbonyl (C=O) groups excluding carboxylic acids is 1. The molecule has 0 radical (unpaired) electrons. The van der Waals surface area contributed by atoms with Crippen LogP contribution in [0.1, 0.15) is 54.9 Å². The Labute approximate surface area is 151 Å². The number of thioether (sulfide) groups is 1. The van der Waals surface area contributed by atoms with Gasteiger partial charge in [0.25, 0.3) is 0 Å². The van der Waals surface area contributed by atoms with E-state index in [1.165, 1.54) is 39.2 Å². The molecule has 0 saturated heterocycles. The molecule has 1 aliphatic carbocycles. The molecule has 0 aliphatic heterocycles. The third kappa shape index (κ3) is 4.44. The molecule has 23 heavy (non-hydrogen) atoms. The number of benzene rings is 1. The van der Waals surface area contributed by atoms with Gasteiger partial charge in [0.05, 0.1) is 18.7 Å². The fourth-order valence-electron chi connectivity index (χ4n) is 3.36. The van der Waals surface area contributed by atoms with Gasteiger partial charge in [0.1, 0.15) is 11.3 Å². The van der Waals surface area contributed by atoms with E-state index in [1.807, 2.05) is 23.9 Å². The van der Waals surface area contributed by atoms with Crippen molar-refractivity contribution in [2.75, 3.05) is 14.2 Å². The van der Waals surface area contributed by atoms with Crippen LogP contribution in [0.25, 0.3) is 0 Å². The summed E-state index contributed by atoms with van der Waals surface area (Å²) in [5.74, 6) is 1.87. The van der Waals surface area contributed by atoms with Gasteiger partial charge in [-0.05, 0) is 52.7 Å². The minimum Gasteiger partial charge on any atom is -0.495 e. The van der Waals surface area contributed by atoms with E-state index in [-0.39, 0.29) is 5.97 Å². The molecule has 1 aliphatic rings. The van der Waals surface area contributed by atoms with Crippen molar-refractivity contribution in [3.05, 3.63) is 27.7 Å². The largest absolute Gasteiger partial charge is 0.495 e. The average Bonchev–Trinajstić information content (AvgIpc) is 3.00. The van der Waals surface area contributed by atoms with Crippen molar-refractivity contribution < 1.29 is 14.3 Å². The number of esters is 1. The predicted octanol–water partition coefficient (Wildman–Crippen LogP) is 5.45. The van der Waals surface area contributed by atoms with Gasteiger partial charge in [0.2, 0.25) is 0 Å². The van der Waals surface area contributed by atoms with Crippen LogP contribution in [0.4, 0.5) is 0 Å². The van der Waals surface area contributed by atoms with Gasteiger partial charge in [-0.2, -0.15) is 11.8 Å². The molecule has 0 aromatic heterocycles. The Morgan fingerprint density at radius 2 is 2.13 bits per heavy atom. The topological polar surface area (TPSA) is 35.5 Å². The molecule has 0 N–H and O–H groups in total. The zero-order valence-corrected chi connectivity index (χ0v) is 16.5. The van der Waals surface area contributed by atoms with E-state index < -0.39 is 0 Å². The smallest absolute Gasteiger partial charge is 0.342 e. The van der Waals surface area contributed by atoms with Crippen molar-refractivity contribution in [3.8, 4) is 5.75 Å². The summed E-state index contributed by atoms with van der Waals surface area (Å²) in [6.45, 7) is 2.26. The first-order chi connectivity index (χ1) is 11.1. The normalized spacial score (nSPS) is 20.5. The van der Waals surface area contributed by atoms with Crippen LogP contribution in [-0.2, 0) is 10.5 Å². The lowest BCUT2D eigenvalue weighted by molar-refractivity contribution is 0.0596. The molecule has 2 unspecified atom stereocenters. The molecule has 128 valence electrons. The maximum absolute atomic E-state index is 12.2. The van der Waals surface area contributed by atoms with Crippen molar-refractivity contribution >= 4 is 33.7 Å². The molecule has 1 fully saturated rings. The molecule has 5 heteroatoms. The standard InChI is InChI=1S/C18H25BrO3S/c1-4-6-12-7-5-8-15(12)23-11-13-9-10-14(19)17(21-2)16(13)18(20)22-3/h9-10,12,15H,4-8,11H2,1-3H3. The molecule has 2 rings (SSSR count). The average molecular weight is 401 g/mol. The van der Waals surface area contributed by atoms with Crippen LogP contribution in [0.5, 0.6) is 5.75 Å². The summed E-state index contributed by atoms with van der Waals surface area (Å²) < 4.78 is 11.1. The van der Waals surface area contributed by atoms with Crippen LogP contribution < -0.4 is 4.74 Å². The fraction of sp³-hybridized carbons (Fsp3) is 0.611. The highest BCUT2D eigenvalue weighted by Crippen LogP contribution is 2.41. The van der Waals surface area contributed by atoms with Gasteiger partial charge in [0, 0.05) is 11.0 Å². The van der Waals surface area contributed by atoms with Crippen molar-refractivity contribution in [2.45, 2.75) is 50.0 Å². The lowest BCUT2D eigenvalue weighted by atomic mass is 10.0. The van der Waals surface area contributed by atoms with Crippen molar-refractivity contribution in [1.29, 1.82) is 0 Å². The van der Waals surface area contributed by atoms with Gasteiger partial charge in [-0.15, -0.1) is 0 Å². The van der Waals surface area contributed by atoms with Crippen LogP contribution in [-0.4, -0.2) is 25.4 Å². The molecular weight excluding hydrogens is 376 g/mol. The zero-order valence-electron chi connectivity index (χ0n) is 14.1. The van der Waals surface area contributed by atoms with E-state index in [4.69, 9.17) is 9.47 Å². The first-order valence-electron chi connectivity index (χ1n) is 8.17. The summed E-state index contributed by atoms with van der Waals surface area (Å²) in [6.07, 6.45) is 6.53. The van der Waals surface area contributed by atoms with Gasteiger partial charge in [0.15, 0.2) is 0 Å². The van der Waals surface area contributed by atoms with Crippen LogP contribution in [0.15, 0.2) is 16.6 Å². The second kappa shape index (κ2) is 8.97. The molecule has 0 heterocycles. The second-order valence-corrected chi connectivity index (χ2v) is 8.02. The van der Waals surface area contributed by atoms with Gasteiger partial charge in [-0.25, -0.2) is 4.79 Å². The molecular formula is C18H25BrO3S. The van der Waals surface area contributed by atoms with E-state index in [0.29, 0.717) is 16.6 Å². The Kier molecular flexibility index (Phi) is 7.28. The highest BCUT2D eigenvalue weighted by Gasteiger charge is 2.28. The maximum Gasteiger partial charge on any atom is 0.342 e. The van der Waals surface area contributed by atoms with E-state index >= 15 is 0 Å². The number of hydrogen-bond donors (Lipinski definition) is 0. The number of carbonyl (C=O) groups is 1.